The molecule has 0 aromatic carbocycles. The van der Waals surface area contributed by atoms with Crippen LogP contribution < -0.4 is 0 Å². The van der Waals surface area contributed by atoms with Crippen molar-refractivity contribution in [2.75, 3.05) is 13.2 Å². The van der Waals surface area contributed by atoms with Gasteiger partial charge in [0.25, 0.3) is 0 Å². The van der Waals surface area contributed by atoms with Crippen molar-refractivity contribution in [3.05, 3.63) is 60.8 Å². The molecule has 0 saturated heterocycles. The molecule has 6 nitrogen and oxygen atoms in total. The minimum Gasteiger partial charge on any atom is -0.462 e. The minimum atomic E-state index is -0.774. The minimum absolute atomic E-state index is 0.0761. The molecule has 65 heavy (non-hydrogen) atoms. The van der Waals surface area contributed by atoms with Crippen molar-refractivity contribution in [1.82, 2.24) is 0 Å². The lowest BCUT2D eigenvalue weighted by molar-refractivity contribution is -0.167. The summed E-state index contributed by atoms with van der Waals surface area (Å²) in [6.45, 7) is 6.48. The Balaban J connectivity index is 4.16. The first-order chi connectivity index (χ1) is 32.0. The smallest absolute Gasteiger partial charge is 0.306 e. The summed E-state index contributed by atoms with van der Waals surface area (Å²) in [5, 5.41) is 0. The second-order valence-electron chi connectivity index (χ2n) is 18.5. The highest BCUT2D eigenvalue weighted by Gasteiger charge is 2.19. The molecule has 0 aliphatic carbocycles. The predicted octanol–water partition coefficient (Wildman–Crippen LogP) is 18.4. The topological polar surface area (TPSA) is 78.9 Å². The number of rotatable bonds is 50. The molecule has 1 atom stereocenters. The Morgan fingerprint density at radius 2 is 0.600 bits per heavy atom. The SMILES string of the molecule is CC/C=C\C/C=C\C/C=C\C/C=C\CCCCCCCCCCCCC(=O)OCC(COC(=O)CCCCCCCC)OC(=O)CCCCCCCCC/C=C\CCCCCCCCC. The number of carbonyl (C=O) groups excluding carboxylic acids is 3. The monoisotopic (exact) mass is 909 g/mol. The molecule has 0 radical (unpaired) electrons. The second-order valence-corrected chi connectivity index (χ2v) is 18.5. The van der Waals surface area contributed by atoms with Crippen molar-refractivity contribution in [3.8, 4) is 0 Å². The number of ether oxygens (including phenoxy) is 3. The molecule has 6 heteroatoms. The average Bonchev–Trinajstić information content (AvgIpc) is 3.30. The van der Waals surface area contributed by atoms with E-state index in [-0.39, 0.29) is 31.1 Å². The van der Waals surface area contributed by atoms with E-state index >= 15 is 0 Å². The molecule has 0 N–H and O–H groups in total. The molecule has 0 aliphatic heterocycles. The average molecular weight is 909 g/mol. The van der Waals surface area contributed by atoms with Gasteiger partial charge in [0.05, 0.1) is 0 Å². The molecule has 0 aromatic heterocycles. The van der Waals surface area contributed by atoms with Gasteiger partial charge in [0.2, 0.25) is 0 Å². The van der Waals surface area contributed by atoms with Crippen LogP contribution in [0.5, 0.6) is 0 Å². The van der Waals surface area contributed by atoms with Crippen LogP contribution in [0, 0.1) is 0 Å². The summed E-state index contributed by atoms with van der Waals surface area (Å²) in [5.41, 5.74) is 0. The van der Waals surface area contributed by atoms with Crippen LogP contribution in [0.15, 0.2) is 60.8 Å². The Kier molecular flexibility index (Phi) is 51.3. The van der Waals surface area contributed by atoms with E-state index in [1.807, 2.05) is 0 Å². The predicted molar refractivity (Wildman–Crippen MR) is 279 cm³/mol. The normalized spacial score (nSPS) is 12.5. The Hall–Kier alpha value is -2.89. The third-order valence-electron chi connectivity index (χ3n) is 12.0. The summed E-state index contributed by atoms with van der Waals surface area (Å²) in [7, 11) is 0. The van der Waals surface area contributed by atoms with E-state index in [4.69, 9.17) is 14.2 Å². The van der Waals surface area contributed by atoms with E-state index in [2.05, 4.69) is 81.5 Å². The maximum Gasteiger partial charge on any atom is 0.306 e. The Morgan fingerprint density at radius 1 is 0.323 bits per heavy atom. The number of hydrogen-bond acceptors (Lipinski definition) is 6. The lowest BCUT2D eigenvalue weighted by Crippen LogP contribution is -2.30. The standard InChI is InChI=1S/C59H104O6/c1-4-7-10-13-16-18-20-22-24-26-28-29-30-31-32-34-35-37-39-41-43-46-49-52-58(61)64-55-56(54-63-57(60)51-48-45-15-12-9-6-3)65-59(62)53-50-47-44-42-40-38-36-33-27-25-23-21-19-17-14-11-8-5-2/h7,10,16,18,22,24-25,27-29,56H,4-6,8-9,11-15,17,19-21,23,26,30-55H2,1-3H3/b10-7-,18-16-,24-22-,27-25-,29-28-. The number of esters is 3. The van der Waals surface area contributed by atoms with Crippen molar-refractivity contribution in [1.29, 1.82) is 0 Å². The first-order valence-corrected chi connectivity index (χ1v) is 27.8. The molecule has 0 fully saturated rings. The van der Waals surface area contributed by atoms with E-state index in [9.17, 15) is 14.4 Å². The molecule has 0 bridgehead atoms. The van der Waals surface area contributed by atoms with Crippen molar-refractivity contribution in [2.45, 2.75) is 284 Å². The van der Waals surface area contributed by atoms with Gasteiger partial charge in [-0.3, -0.25) is 14.4 Å². The van der Waals surface area contributed by atoms with Crippen LogP contribution in [0.3, 0.4) is 0 Å². The Bertz CT molecular complexity index is 1180. The van der Waals surface area contributed by atoms with E-state index in [0.717, 1.165) is 83.5 Å². The zero-order chi connectivity index (χ0) is 47.2. The first-order valence-electron chi connectivity index (χ1n) is 27.8. The van der Waals surface area contributed by atoms with E-state index < -0.39 is 6.10 Å². The summed E-state index contributed by atoms with van der Waals surface area (Å²) in [5.74, 6) is -0.887. The molecule has 0 heterocycles. The maximum absolute atomic E-state index is 12.8. The first kappa shape index (κ1) is 62.1. The fourth-order valence-corrected chi connectivity index (χ4v) is 7.84. The molecule has 0 saturated carbocycles. The van der Waals surface area contributed by atoms with Gasteiger partial charge in [-0.15, -0.1) is 0 Å². The molecule has 0 rings (SSSR count). The number of unbranched alkanes of at least 4 members (excludes halogenated alkanes) is 29. The van der Waals surface area contributed by atoms with Gasteiger partial charge in [0.1, 0.15) is 13.2 Å². The number of hydrogen-bond donors (Lipinski definition) is 0. The van der Waals surface area contributed by atoms with Crippen LogP contribution in [0.25, 0.3) is 0 Å². The molecule has 376 valence electrons. The van der Waals surface area contributed by atoms with Crippen LogP contribution in [0.1, 0.15) is 278 Å². The van der Waals surface area contributed by atoms with E-state index in [1.165, 1.54) is 154 Å². The van der Waals surface area contributed by atoms with E-state index in [1.54, 1.807) is 0 Å². The summed E-state index contributed by atoms with van der Waals surface area (Å²) < 4.78 is 16.7. The zero-order valence-corrected chi connectivity index (χ0v) is 43.0. The summed E-state index contributed by atoms with van der Waals surface area (Å²) in [6.07, 6.45) is 66.7. The quantitative estimate of drug-likeness (QED) is 0.0262. The van der Waals surface area contributed by atoms with E-state index in [0.29, 0.717) is 19.3 Å². The van der Waals surface area contributed by atoms with Crippen molar-refractivity contribution in [3.63, 3.8) is 0 Å². The maximum atomic E-state index is 12.8. The summed E-state index contributed by atoms with van der Waals surface area (Å²) >= 11 is 0. The third-order valence-corrected chi connectivity index (χ3v) is 12.0. The summed E-state index contributed by atoms with van der Waals surface area (Å²) in [4.78, 5) is 37.8. The molecule has 0 aromatic rings. The van der Waals surface area contributed by atoms with Gasteiger partial charge in [-0.2, -0.15) is 0 Å². The van der Waals surface area contributed by atoms with Crippen molar-refractivity contribution >= 4 is 17.9 Å². The van der Waals surface area contributed by atoms with Crippen molar-refractivity contribution in [2.24, 2.45) is 0 Å². The molecule has 0 aliphatic rings. The van der Waals surface area contributed by atoms with Gasteiger partial charge < -0.3 is 14.2 Å². The fraction of sp³-hybridized carbons (Fsp3) is 0.780. The van der Waals surface area contributed by atoms with Gasteiger partial charge in [-0.25, -0.2) is 0 Å². The van der Waals surface area contributed by atoms with Gasteiger partial charge in [0.15, 0.2) is 6.10 Å². The lowest BCUT2D eigenvalue weighted by atomic mass is 10.1. The highest BCUT2D eigenvalue weighted by Crippen LogP contribution is 2.15. The second kappa shape index (κ2) is 53.7. The lowest BCUT2D eigenvalue weighted by Gasteiger charge is -2.18. The highest BCUT2D eigenvalue weighted by molar-refractivity contribution is 5.71. The van der Waals surface area contributed by atoms with Gasteiger partial charge >= 0.3 is 17.9 Å². The summed E-state index contributed by atoms with van der Waals surface area (Å²) in [6, 6.07) is 0. The van der Waals surface area contributed by atoms with Gasteiger partial charge in [-0.05, 0) is 83.5 Å². The number of carbonyl (C=O) groups is 3. The fourth-order valence-electron chi connectivity index (χ4n) is 7.84. The van der Waals surface area contributed by atoms with Crippen LogP contribution >= 0.6 is 0 Å². The number of allylic oxidation sites excluding steroid dienone is 10. The molecule has 0 spiro atoms. The van der Waals surface area contributed by atoms with Crippen LogP contribution in [-0.2, 0) is 28.6 Å². The Labute approximate surface area is 402 Å². The highest BCUT2D eigenvalue weighted by atomic mass is 16.6. The molecule has 0 amide bonds. The largest absolute Gasteiger partial charge is 0.462 e. The van der Waals surface area contributed by atoms with Gasteiger partial charge in [0, 0.05) is 19.3 Å². The third kappa shape index (κ3) is 51.9. The van der Waals surface area contributed by atoms with Crippen molar-refractivity contribution < 1.29 is 28.6 Å². The van der Waals surface area contributed by atoms with Gasteiger partial charge in [-0.1, -0.05) is 236 Å². The molecular formula is C59H104O6. The van der Waals surface area contributed by atoms with Crippen LogP contribution in [-0.4, -0.2) is 37.2 Å². The van der Waals surface area contributed by atoms with Crippen LogP contribution in [0.2, 0.25) is 0 Å². The molecule has 1 unspecified atom stereocenters. The molecular weight excluding hydrogens is 805 g/mol. The van der Waals surface area contributed by atoms with Crippen LogP contribution in [0.4, 0.5) is 0 Å². The zero-order valence-electron chi connectivity index (χ0n) is 43.0. The Morgan fingerprint density at radius 3 is 0.954 bits per heavy atom.